The highest BCUT2D eigenvalue weighted by Crippen LogP contribution is 2.23. The van der Waals surface area contributed by atoms with Gasteiger partial charge < -0.3 is 16.8 Å². The van der Waals surface area contributed by atoms with E-state index in [2.05, 4.69) is 5.32 Å². The standard InChI is InChI=1S/C13H18ClN3O2.ClH/c1-3-10(15)11(18)17-13(2,12(16)19)8-5-4-6-9(14)7-8;/h4-7,10H,3,15H2,1-2H3,(H2,16,19)(H,17,18);1H/t10-,13?;/m0./s1. The summed E-state index contributed by atoms with van der Waals surface area (Å²) in [5.41, 5.74) is 10.2. The lowest BCUT2D eigenvalue weighted by atomic mass is 9.90. The first-order chi connectivity index (χ1) is 8.81. The van der Waals surface area contributed by atoms with Crippen molar-refractivity contribution in [3.63, 3.8) is 0 Å². The van der Waals surface area contributed by atoms with Gasteiger partial charge in [0.25, 0.3) is 0 Å². The first-order valence-corrected chi connectivity index (χ1v) is 6.32. The molecular weight excluding hydrogens is 301 g/mol. The number of hydrogen-bond donors (Lipinski definition) is 3. The second kappa shape index (κ2) is 7.47. The van der Waals surface area contributed by atoms with Crippen molar-refractivity contribution in [2.45, 2.75) is 31.8 Å². The van der Waals surface area contributed by atoms with E-state index in [4.69, 9.17) is 23.1 Å². The fourth-order valence-corrected chi connectivity index (χ4v) is 1.79. The fraction of sp³-hybridized carbons (Fsp3) is 0.385. The molecule has 112 valence electrons. The summed E-state index contributed by atoms with van der Waals surface area (Å²) < 4.78 is 0. The molecule has 0 fully saturated rings. The van der Waals surface area contributed by atoms with Crippen molar-refractivity contribution >= 4 is 35.8 Å². The molecule has 0 radical (unpaired) electrons. The number of halogens is 2. The molecule has 0 spiro atoms. The Hall–Kier alpha value is -1.30. The first kappa shape index (κ1) is 18.7. The number of nitrogens with two attached hydrogens (primary N) is 2. The number of nitrogens with one attached hydrogen (secondary N) is 1. The fourth-order valence-electron chi connectivity index (χ4n) is 1.60. The Morgan fingerprint density at radius 2 is 2.05 bits per heavy atom. The lowest BCUT2D eigenvalue weighted by molar-refractivity contribution is -0.132. The van der Waals surface area contributed by atoms with Gasteiger partial charge in [-0.3, -0.25) is 9.59 Å². The molecule has 0 saturated heterocycles. The van der Waals surface area contributed by atoms with E-state index in [0.717, 1.165) is 0 Å². The molecule has 7 heteroatoms. The minimum atomic E-state index is -1.34. The third-order valence-electron chi connectivity index (χ3n) is 3.04. The normalized spacial score (nSPS) is 14.6. The molecule has 1 aromatic rings. The van der Waals surface area contributed by atoms with Crippen molar-refractivity contribution in [1.29, 1.82) is 0 Å². The van der Waals surface area contributed by atoms with Crippen LogP contribution in [0.15, 0.2) is 24.3 Å². The number of carbonyl (C=O) groups excluding carboxylic acids is 2. The molecule has 2 amide bonds. The zero-order chi connectivity index (χ0) is 14.6. The molecule has 1 aromatic carbocycles. The Bertz CT molecular complexity index is 496. The summed E-state index contributed by atoms with van der Waals surface area (Å²) in [5, 5.41) is 3.05. The van der Waals surface area contributed by atoms with Crippen LogP contribution in [-0.2, 0) is 15.1 Å². The van der Waals surface area contributed by atoms with Crippen LogP contribution in [0.5, 0.6) is 0 Å². The van der Waals surface area contributed by atoms with Gasteiger partial charge in [0.15, 0.2) is 0 Å². The number of benzene rings is 1. The smallest absolute Gasteiger partial charge is 0.247 e. The van der Waals surface area contributed by atoms with Crippen molar-refractivity contribution in [3.8, 4) is 0 Å². The largest absolute Gasteiger partial charge is 0.367 e. The number of amides is 2. The van der Waals surface area contributed by atoms with Crippen LogP contribution in [0.1, 0.15) is 25.8 Å². The van der Waals surface area contributed by atoms with Crippen LogP contribution in [0.2, 0.25) is 5.02 Å². The SMILES string of the molecule is CC[C@H](N)C(=O)NC(C)(C(N)=O)c1cccc(Cl)c1.Cl. The summed E-state index contributed by atoms with van der Waals surface area (Å²) in [7, 11) is 0. The van der Waals surface area contributed by atoms with E-state index in [1.165, 1.54) is 6.92 Å². The zero-order valence-electron chi connectivity index (χ0n) is 11.4. The Morgan fingerprint density at radius 1 is 1.45 bits per heavy atom. The molecule has 20 heavy (non-hydrogen) atoms. The van der Waals surface area contributed by atoms with Crippen molar-refractivity contribution < 1.29 is 9.59 Å². The lowest BCUT2D eigenvalue weighted by Gasteiger charge is -2.29. The third kappa shape index (κ3) is 4.10. The summed E-state index contributed by atoms with van der Waals surface area (Å²) in [6.07, 6.45) is 0.468. The van der Waals surface area contributed by atoms with Gasteiger partial charge in [-0.05, 0) is 31.0 Å². The van der Waals surface area contributed by atoms with Gasteiger partial charge in [0.1, 0.15) is 5.54 Å². The molecule has 0 aliphatic rings. The molecule has 1 rings (SSSR count). The van der Waals surface area contributed by atoms with Gasteiger partial charge in [-0.2, -0.15) is 0 Å². The summed E-state index contributed by atoms with van der Waals surface area (Å²) >= 11 is 5.89. The van der Waals surface area contributed by atoms with Crippen LogP contribution in [-0.4, -0.2) is 17.9 Å². The minimum absolute atomic E-state index is 0. The minimum Gasteiger partial charge on any atom is -0.367 e. The van der Waals surface area contributed by atoms with Gasteiger partial charge in [-0.25, -0.2) is 0 Å². The Morgan fingerprint density at radius 3 is 2.50 bits per heavy atom. The summed E-state index contributed by atoms with van der Waals surface area (Å²) in [6, 6.07) is 5.94. The van der Waals surface area contributed by atoms with Crippen LogP contribution >= 0.6 is 24.0 Å². The average Bonchev–Trinajstić information content (AvgIpc) is 2.37. The number of carbonyl (C=O) groups is 2. The second-order valence-electron chi connectivity index (χ2n) is 4.50. The maximum atomic E-state index is 11.9. The maximum absolute atomic E-state index is 11.9. The monoisotopic (exact) mass is 319 g/mol. The molecule has 0 aromatic heterocycles. The predicted molar refractivity (Wildman–Crippen MR) is 81.7 cm³/mol. The van der Waals surface area contributed by atoms with E-state index in [-0.39, 0.29) is 12.4 Å². The van der Waals surface area contributed by atoms with Gasteiger partial charge in [-0.1, -0.05) is 30.7 Å². The molecule has 0 aliphatic carbocycles. The van der Waals surface area contributed by atoms with Crippen LogP contribution in [0.4, 0.5) is 0 Å². The molecular formula is C13H19Cl2N3O2. The third-order valence-corrected chi connectivity index (χ3v) is 3.28. The molecule has 2 atom stereocenters. The maximum Gasteiger partial charge on any atom is 0.247 e. The van der Waals surface area contributed by atoms with Crippen molar-refractivity contribution in [3.05, 3.63) is 34.9 Å². The molecule has 1 unspecified atom stereocenters. The van der Waals surface area contributed by atoms with Gasteiger partial charge in [0, 0.05) is 5.02 Å². The van der Waals surface area contributed by atoms with E-state index < -0.39 is 23.4 Å². The van der Waals surface area contributed by atoms with Crippen LogP contribution in [0, 0.1) is 0 Å². The van der Waals surface area contributed by atoms with E-state index in [0.29, 0.717) is 17.0 Å². The van der Waals surface area contributed by atoms with Crippen LogP contribution in [0.3, 0.4) is 0 Å². The van der Waals surface area contributed by atoms with Gasteiger partial charge in [-0.15, -0.1) is 12.4 Å². The highest BCUT2D eigenvalue weighted by Gasteiger charge is 2.36. The van der Waals surface area contributed by atoms with Gasteiger partial charge in [0.05, 0.1) is 6.04 Å². The average molecular weight is 320 g/mol. The van der Waals surface area contributed by atoms with Crippen molar-refractivity contribution in [1.82, 2.24) is 5.32 Å². The number of hydrogen-bond acceptors (Lipinski definition) is 3. The summed E-state index contributed by atoms with van der Waals surface area (Å²) in [5.74, 6) is -1.10. The van der Waals surface area contributed by atoms with Crippen LogP contribution in [0.25, 0.3) is 0 Å². The Kier molecular flexibility index (Phi) is 6.99. The molecule has 0 heterocycles. The molecule has 5 N–H and O–H groups in total. The lowest BCUT2D eigenvalue weighted by Crippen LogP contribution is -2.56. The molecule has 0 aliphatic heterocycles. The highest BCUT2D eigenvalue weighted by molar-refractivity contribution is 6.30. The first-order valence-electron chi connectivity index (χ1n) is 5.94. The zero-order valence-corrected chi connectivity index (χ0v) is 12.9. The quantitative estimate of drug-likeness (QED) is 0.763. The number of rotatable bonds is 5. The summed E-state index contributed by atoms with van der Waals surface area (Å²) in [4.78, 5) is 23.6. The topological polar surface area (TPSA) is 98.2 Å². The molecule has 0 saturated carbocycles. The van der Waals surface area contributed by atoms with Gasteiger partial charge >= 0.3 is 0 Å². The van der Waals surface area contributed by atoms with E-state index in [1.807, 2.05) is 0 Å². The van der Waals surface area contributed by atoms with E-state index >= 15 is 0 Å². The van der Waals surface area contributed by atoms with E-state index in [1.54, 1.807) is 31.2 Å². The molecule has 0 bridgehead atoms. The van der Waals surface area contributed by atoms with E-state index in [9.17, 15) is 9.59 Å². The Balaban J connectivity index is 0.00000361. The van der Waals surface area contributed by atoms with Crippen LogP contribution < -0.4 is 16.8 Å². The van der Waals surface area contributed by atoms with Crippen molar-refractivity contribution in [2.75, 3.05) is 0 Å². The van der Waals surface area contributed by atoms with Gasteiger partial charge in [0.2, 0.25) is 11.8 Å². The predicted octanol–water partition coefficient (Wildman–Crippen LogP) is 1.32. The molecule has 5 nitrogen and oxygen atoms in total. The highest BCUT2D eigenvalue weighted by atomic mass is 35.5. The summed E-state index contributed by atoms with van der Waals surface area (Å²) in [6.45, 7) is 3.31. The second-order valence-corrected chi connectivity index (χ2v) is 4.94. The Labute approximate surface area is 129 Å². The van der Waals surface area contributed by atoms with Crippen molar-refractivity contribution in [2.24, 2.45) is 11.5 Å². The number of primary amides is 1.